The topological polar surface area (TPSA) is 36.5 Å². The number of methoxy groups -OCH3 is 1. The van der Waals surface area contributed by atoms with Crippen molar-refractivity contribution in [1.82, 2.24) is 5.32 Å². The molecule has 1 saturated heterocycles. The van der Waals surface area contributed by atoms with Gasteiger partial charge in [-0.2, -0.15) is 0 Å². The zero-order chi connectivity index (χ0) is 15.2. The summed E-state index contributed by atoms with van der Waals surface area (Å²) in [6, 6.07) is 16.8. The fourth-order valence-corrected chi connectivity index (χ4v) is 2.66. The molecule has 1 heterocycles. The Balaban J connectivity index is 1.56. The Labute approximate surface area is 132 Å². The molecular weight excluding hydrogens is 274 g/mol. The van der Waals surface area contributed by atoms with Crippen LogP contribution in [0.1, 0.15) is 5.56 Å². The summed E-state index contributed by atoms with van der Waals surface area (Å²) in [5.74, 6) is 0.893. The number of hydrogen-bond acceptors (Lipinski definition) is 4. The highest BCUT2D eigenvalue weighted by molar-refractivity contribution is 5.55. The molecule has 4 nitrogen and oxygen atoms in total. The molecule has 1 aliphatic heterocycles. The predicted molar refractivity (Wildman–Crippen MR) is 91.8 cm³/mol. The van der Waals surface area contributed by atoms with E-state index in [1.807, 2.05) is 12.1 Å². The third kappa shape index (κ3) is 3.71. The van der Waals surface area contributed by atoms with E-state index < -0.39 is 0 Å². The lowest BCUT2D eigenvalue weighted by molar-refractivity contribution is 0.414. The van der Waals surface area contributed by atoms with E-state index in [2.05, 4.69) is 51.9 Å². The molecule has 0 atom stereocenters. The molecule has 116 valence electrons. The fourth-order valence-electron chi connectivity index (χ4n) is 2.66. The molecule has 0 aliphatic carbocycles. The first-order valence-corrected chi connectivity index (χ1v) is 7.78. The van der Waals surface area contributed by atoms with Gasteiger partial charge in [0.05, 0.1) is 7.11 Å². The van der Waals surface area contributed by atoms with E-state index in [-0.39, 0.29) is 0 Å². The molecule has 4 heteroatoms. The number of benzene rings is 2. The first kappa shape index (κ1) is 14.7. The van der Waals surface area contributed by atoms with Crippen molar-refractivity contribution >= 4 is 11.4 Å². The van der Waals surface area contributed by atoms with E-state index in [1.54, 1.807) is 7.11 Å². The summed E-state index contributed by atoms with van der Waals surface area (Å²) < 4.78 is 5.17. The van der Waals surface area contributed by atoms with E-state index in [0.29, 0.717) is 0 Å². The molecule has 1 aliphatic rings. The van der Waals surface area contributed by atoms with E-state index in [1.165, 1.54) is 11.3 Å². The Morgan fingerprint density at radius 2 is 1.68 bits per heavy atom. The van der Waals surface area contributed by atoms with Crippen LogP contribution in [-0.4, -0.2) is 33.3 Å². The minimum absolute atomic E-state index is 0.816. The van der Waals surface area contributed by atoms with Crippen molar-refractivity contribution in [1.29, 1.82) is 0 Å². The molecule has 0 unspecified atom stereocenters. The van der Waals surface area contributed by atoms with Crippen molar-refractivity contribution in [3.63, 3.8) is 0 Å². The molecule has 0 amide bonds. The second kappa shape index (κ2) is 7.18. The van der Waals surface area contributed by atoms with Gasteiger partial charge in [0, 0.05) is 44.1 Å². The van der Waals surface area contributed by atoms with Gasteiger partial charge in [0.1, 0.15) is 5.75 Å². The van der Waals surface area contributed by atoms with Crippen molar-refractivity contribution in [2.24, 2.45) is 0 Å². The smallest absolute Gasteiger partial charge is 0.118 e. The first-order valence-electron chi connectivity index (χ1n) is 7.78. The first-order chi connectivity index (χ1) is 10.8. The van der Waals surface area contributed by atoms with Gasteiger partial charge < -0.3 is 20.3 Å². The van der Waals surface area contributed by atoms with Gasteiger partial charge in [-0.15, -0.1) is 0 Å². The summed E-state index contributed by atoms with van der Waals surface area (Å²) in [7, 11) is 1.69. The van der Waals surface area contributed by atoms with Crippen LogP contribution in [0.25, 0.3) is 0 Å². The molecule has 22 heavy (non-hydrogen) atoms. The van der Waals surface area contributed by atoms with E-state index in [9.17, 15) is 0 Å². The SMILES string of the molecule is COc1ccc(CNc2ccc(N3CCNCC3)cc2)cc1. The zero-order valence-electron chi connectivity index (χ0n) is 13.0. The highest BCUT2D eigenvalue weighted by atomic mass is 16.5. The third-order valence-electron chi connectivity index (χ3n) is 4.01. The predicted octanol–water partition coefficient (Wildman–Crippen LogP) is 2.72. The zero-order valence-corrected chi connectivity index (χ0v) is 13.0. The molecule has 0 radical (unpaired) electrons. The number of nitrogens with zero attached hydrogens (tertiary/aromatic N) is 1. The molecule has 0 spiro atoms. The number of piperazine rings is 1. The van der Waals surface area contributed by atoms with Crippen LogP contribution in [0, 0.1) is 0 Å². The van der Waals surface area contributed by atoms with Crippen LogP contribution in [0.3, 0.4) is 0 Å². The van der Waals surface area contributed by atoms with Crippen LogP contribution < -0.4 is 20.3 Å². The third-order valence-corrected chi connectivity index (χ3v) is 4.01. The molecule has 2 aromatic rings. The molecule has 2 aromatic carbocycles. The summed E-state index contributed by atoms with van der Waals surface area (Å²) in [5.41, 5.74) is 3.69. The quantitative estimate of drug-likeness (QED) is 0.890. The molecule has 0 saturated carbocycles. The lowest BCUT2D eigenvalue weighted by Crippen LogP contribution is -2.43. The molecule has 2 N–H and O–H groups in total. The molecular formula is C18H23N3O. The number of ether oxygens (including phenoxy) is 1. The Bertz CT molecular complexity index is 574. The average Bonchev–Trinajstić information content (AvgIpc) is 2.61. The van der Waals surface area contributed by atoms with Crippen molar-refractivity contribution < 1.29 is 4.74 Å². The Morgan fingerprint density at radius 1 is 1.00 bits per heavy atom. The summed E-state index contributed by atoms with van der Waals surface area (Å²) >= 11 is 0. The average molecular weight is 297 g/mol. The standard InChI is InChI=1S/C18H23N3O/c1-22-18-8-2-15(3-9-18)14-20-16-4-6-17(7-5-16)21-12-10-19-11-13-21/h2-9,19-20H,10-14H2,1H3. The maximum atomic E-state index is 5.17. The Morgan fingerprint density at radius 3 is 2.32 bits per heavy atom. The maximum Gasteiger partial charge on any atom is 0.118 e. The molecule has 3 rings (SSSR count). The fraction of sp³-hybridized carbons (Fsp3) is 0.333. The number of anilines is 2. The summed E-state index contributed by atoms with van der Waals surface area (Å²) in [4.78, 5) is 2.42. The van der Waals surface area contributed by atoms with Crippen molar-refractivity contribution in [3.8, 4) is 5.75 Å². The number of rotatable bonds is 5. The monoisotopic (exact) mass is 297 g/mol. The van der Waals surface area contributed by atoms with Crippen LogP contribution in [-0.2, 0) is 6.54 Å². The summed E-state index contributed by atoms with van der Waals surface area (Å²) in [6.07, 6.45) is 0. The molecule has 1 fully saturated rings. The van der Waals surface area contributed by atoms with Crippen LogP contribution >= 0.6 is 0 Å². The van der Waals surface area contributed by atoms with E-state index >= 15 is 0 Å². The largest absolute Gasteiger partial charge is 0.497 e. The molecule has 0 aromatic heterocycles. The van der Waals surface area contributed by atoms with Gasteiger partial charge in [0.2, 0.25) is 0 Å². The van der Waals surface area contributed by atoms with Crippen molar-refractivity contribution in [3.05, 3.63) is 54.1 Å². The van der Waals surface area contributed by atoms with Crippen molar-refractivity contribution in [2.75, 3.05) is 43.5 Å². The van der Waals surface area contributed by atoms with E-state index in [4.69, 9.17) is 4.74 Å². The highest BCUT2D eigenvalue weighted by Gasteiger charge is 2.09. The van der Waals surface area contributed by atoms with Gasteiger partial charge >= 0.3 is 0 Å². The lowest BCUT2D eigenvalue weighted by Gasteiger charge is -2.29. The maximum absolute atomic E-state index is 5.17. The van der Waals surface area contributed by atoms with Gasteiger partial charge in [0.15, 0.2) is 0 Å². The molecule has 0 bridgehead atoms. The Hall–Kier alpha value is -2.20. The van der Waals surface area contributed by atoms with Crippen molar-refractivity contribution in [2.45, 2.75) is 6.54 Å². The summed E-state index contributed by atoms with van der Waals surface area (Å²) in [5, 5.41) is 6.84. The summed E-state index contributed by atoms with van der Waals surface area (Å²) in [6.45, 7) is 5.11. The Kier molecular flexibility index (Phi) is 4.81. The lowest BCUT2D eigenvalue weighted by atomic mass is 10.2. The second-order valence-electron chi connectivity index (χ2n) is 5.49. The minimum Gasteiger partial charge on any atom is -0.497 e. The number of nitrogens with one attached hydrogen (secondary N) is 2. The second-order valence-corrected chi connectivity index (χ2v) is 5.49. The number of hydrogen-bond donors (Lipinski definition) is 2. The van der Waals surface area contributed by atoms with Gasteiger partial charge in [0.25, 0.3) is 0 Å². The normalized spacial score (nSPS) is 14.7. The van der Waals surface area contributed by atoms with Crippen LogP contribution in [0.4, 0.5) is 11.4 Å². The minimum atomic E-state index is 0.816. The van der Waals surface area contributed by atoms with Gasteiger partial charge in [-0.3, -0.25) is 0 Å². The van der Waals surface area contributed by atoms with E-state index in [0.717, 1.165) is 44.2 Å². The van der Waals surface area contributed by atoms with Crippen LogP contribution in [0.15, 0.2) is 48.5 Å². The highest BCUT2D eigenvalue weighted by Crippen LogP contribution is 2.19. The van der Waals surface area contributed by atoms with Crippen LogP contribution in [0.5, 0.6) is 5.75 Å². The van der Waals surface area contributed by atoms with Gasteiger partial charge in [-0.25, -0.2) is 0 Å². The van der Waals surface area contributed by atoms with Gasteiger partial charge in [-0.05, 0) is 42.0 Å². The van der Waals surface area contributed by atoms with Gasteiger partial charge in [-0.1, -0.05) is 12.1 Å². The van der Waals surface area contributed by atoms with Crippen LogP contribution in [0.2, 0.25) is 0 Å².